The number of benzene rings is 10. The molecule has 3 aromatic heterocycles. The lowest BCUT2D eigenvalue weighted by Crippen LogP contribution is -1.96. The number of nitrogens with zero attached hydrogens (tertiary/aromatic N) is 3. The van der Waals surface area contributed by atoms with E-state index in [0.717, 1.165) is 55.8 Å². The molecule has 0 fully saturated rings. The van der Waals surface area contributed by atoms with Gasteiger partial charge in [-0.25, -0.2) is 4.98 Å². The molecule has 13 rings (SSSR count). The van der Waals surface area contributed by atoms with Crippen molar-refractivity contribution in [2.45, 2.75) is 0 Å². The smallest absolute Gasteiger partial charge is 0.0716 e. The maximum atomic E-state index is 5.45. The average Bonchev–Trinajstić information content (AvgIpc) is 3.92. The molecule has 66 heavy (non-hydrogen) atoms. The fraction of sp³-hybridized carbons (Fsp3) is 0. The number of aromatic nitrogens is 3. The zero-order valence-corrected chi connectivity index (χ0v) is 36.0. The van der Waals surface area contributed by atoms with Crippen molar-refractivity contribution in [3.05, 3.63) is 249 Å². The van der Waals surface area contributed by atoms with E-state index in [1.54, 1.807) is 0 Å². The molecule has 13 aromatic rings. The van der Waals surface area contributed by atoms with Crippen LogP contribution in [-0.4, -0.2) is 14.1 Å². The molecule has 0 aliphatic heterocycles. The Kier molecular flexibility index (Phi) is 8.85. The Morgan fingerprint density at radius 3 is 1.20 bits per heavy atom. The van der Waals surface area contributed by atoms with Gasteiger partial charge in [0.1, 0.15) is 0 Å². The van der Waals surface area contributed by atoms with Gasteiger partial charge in [-0.1, -0.05) is 170 Å². The molecule has 0 saturated carbocycles. The van der Waals surface area contributed by atoms with Crippen LogP contribution < -0.4 is 0 Å². The lowest BCUT2D eigenvalue weighted by Gasteiger charge is -2.15. The summed E-state index contributed by atoms with van der Waals surface area (Å²) < 4.78 is 4.77. The van der Waals surface area contributed by atoms with E-state index in [1.165, 1.54) is 65.9 Å². The van der Waals surface area contributed by atoms with E-state index in [9.17, 15) is 0 Å². The molecular weight excluding hydrogens is 799 g/mol. The Bertz CT molecular complexity index is 3900. The summed E-state index contributed by atoms with van der Waals surface area (Å²) in [5.41, 5.74) is 19.3. The lowest BCUT2D eigenvalue weighted by molar-refractivity contribution is 1.18. The van der Waals surface area contributed by atoms with E-state index < -0.39 is 0 Å². The molecule has 0 bridgehead atoms. The van der Waals surface area contributed by atoms with Crippen LogP contribution in [0.1, 0.15) is 0 Å². The summed E-state index contributed by atoms with van der Waals surface area (Å²) in [6.07, 6.45) is 0. The van der Waals surface area contributed by atoms with Crippen LogP contribution in [0.15, 0.2) is 249 Å². The van der Waals surface area contributed by atoms with Crippen LogP contribution in [0.4, 0.5) is 0 Å². The molecule has 308 valence electrons. The van der Waals surface area contributed by atoms with Gasteiger partial charge in [-0.2, -0.15) is 0 Å². The third kappa shape index (κ3) is 6.32. The molecule has 10 aromatic carbocycles. The van der Waals surface area contributed by atoms with Crippen molar-refractivity contribution in [1.29, 1.82) is 0 Å². The summed E-state index contributed by atoms with van der Waals surface area (Å²) in [5.74, 6) is 0. The topological polar surface area (TPSA) is 22.8 Å². The molecule has 0 unspecified atom stereocenters. The van der Waals surface area contributed by atoms with E-state index in [-0.39, 0.29) is 0 Å². The number of fused-ring (bicyclic) bond motifs is 7. The van der Waals surface area contributed by atoms with E-state index in [2.05, 4.69) is 258 Å². The van der Waals surface area contributed by atoms with Gasteiger partial charge in [0.25, 0.3) is 0 Å². The summed E-state index contributed by atoms with van der Waals surface area (Å²) in [6, 6.07) is 90.1. The largest absolute Gasteiger partial charge is 0.309 e. The zero-order chi connectivity index (χ0) is 43.6. The lowest BCUT2D eigenvalue weighted by atomic mass is 9.92. The first-order valence-corrected chi connectivity index (χ1v) is 22.6. The molecule has 0 spiro atoms. The highest BCUT2D eigenvalue weighted by Crippen LogP contribution is 2.40. The van der Waals surface area contributed by atoms with Gasteiger partial charge in [-0.05, 0) is 123 Å². The van der Waals surface area contributed by atoms with Crippen LogP contribution in [0.25, 0.3) is 122 Å². The molecule has 0 amide bonds. The quantitative estimate of drug-likeness (QED) is 0.157. The summed E-state index contributed by atoms with van der Waals surface area (Å²) in [5, 5.41) is 6.10. The Balaban J connectivity index is 0.979. The van der Waals surface area contributed by atoms with Crippen molar-refractivity contribution >= 4 is 54.5 Å². The summed E-state index contributed by atoms with van der Waals surface area (Å²) in [7, 11) is 0. The van der Waals surface area contributed by atoms with Gasteiger partial charge in [-0.3, -0.25) is 0 Å². The minimum atomic E-state index is 0.928. The Hall–Kier alpha value is -8.79. The summed E-state index contributed by atoms with van der Waals surface area (Å²) >= 11 is 0. The van der Waals surface area contributed by atoms with Crippen molar-refractivity contribution < 1.29 is 0 Å². The zero-order valence-electron chi connectivity index (χ0n) is 36.0. The first kappa shape index (κ1) is 37.7. The fourth-order valence-corrected chi connectivity index (χ4v) is 10.2. The number of rotatable bonds is 7. The minimum absolute atomic E-state index is 0.928. The molecule has 0 saturated heterocycles. The second-order valence-electron chi connectivity index (χ2n) is 17.2. The summed E-state index contributed by atoms with van der Waals surface area (Å²) in [6.45, 7) is 0. The highest BCUT2D eigenvalue weighted by atomic mass is 15.0. The average molecular weight is 840 g/mol. The first-order chi connectivity index (χ1) is 32.7. The van der Waals surface area contributed by atoms with Gasteiger partial charge in [0.2, 0.25) is 0 Å². The molecule has 0 aliphatic carbocycles. The fourth-order valence-electron chi connectivity index (χ4n) is 10.2. The van der Waals surface area contributed by atoms with Crippen molar-refractivity contribution in [3.8, 4) is 67.1 Å². The minimum Gasteiger partial charge on any atom is -0.309 e. The van der Waals surface area contributed by atoms with Crippen LogP contribution in [0.3, 0.4) is 0 Å². The molecule has 0 aliphatic rings. The van der Waals surface area contributed by atoms with Gasteiger partial charge in [0.05, 0.1) is 33.3 Å². The number of pyridine rings is 1. The first-order valence-electron chi connectivity index (χ1n) is 22.6. The second-order valence-corrected chi connectivity index (χ2v) is 17.2. The van der Waals surface area contributed by atoms with Crippen molar-refractivity contribution in [2.75, 3.05) is 0 Å². The normalized spacial score (nSPS) is 11.6. The highest BCUT2D eigenvalue weighted by Gasteiger charge is 2.17. The van der Waals surface area contributed by atoms with Crippen molar-refractivity contribution in [2.24, 2.45) is 0 Å². The number of hydrogen-bond acceptors (Lipinski definition) is 1. The maximum absolute atomic E-state index is 5.45. The van der Waals surface area contributed by atoms with E-state index >= 15 is 0 Å². The molecule has 3 heterocycles. The predicted molar refractivity (Wildman–Crippen MR) is 278 cm³/mol. The standard InChI is InChI=1S/C63H41N3/c1-2-16-42(17-3-1)43-18-12-19-44(36-43)45-20-13-22-48(37-45)56-41-59(49-23-15-25-51(39-49)66-62-32-10-6-28-54(62)55-29-7-11-33-63(55)66)64-58-35-34-47(40-57(56)58)46-21-14-24-50(38-46)65-60-30-8-4-26-52(60)53-27-5-9-31-61(53)65/h1-41H. The molecule has 0 radical (unpaired) electrons. The van der Waals surface area contributed by atoms with E-state index in [1.807, 2.05) is 0 Å². The predicted octanol–water partition coefficient (Wildman–Crippen LogP) is 16.8. The van der Waals surface area contributed by atoms with Gasteiger partial charge >= 0.3 is 0 Å². The van der Waals surface area contributed by atoms with Crippen molar-refractivity contribution in [1.82, 2.24) is 14.1 Å². The van der Waals surface area contributed by atoms with E-state index in [4.69, 9.17) is 4.98 Å². The summed E-state index contributed by atoms with van der Waals surface area (Å²) in [4.78, 5) is 5.45. The third-order valence-electron chi connectivity index (χ3n) is 13.3. The van der Waals surface area contributed by atoms with Gasteiger partial charge < -0.3 is 9.13 Å². The molecular formula is C63H41N3. The Morgan fingerprint density at radius 2 is 0.636 bits per heavy atom. The van der Waals surface area contributed by atoms with Crippen LogP contribution in [-0.2, 0) is 0 Å². The molecule has 3 heteroatoms. The van der Waals surface area contributed by atoms with Crippen LogP contribution in [0, 0.1) is 0 Å². The maximum Gasteiger partial charge on any atom is 0.0716 e. The second kappa shape index (κ2) is 15.5. The third-order valence-corrected chi connectivity index (χ3v) is 13.3. The van der Waals surface area contributed by atoms with E-state index in [0.29, 0.717) is 0 Å². The molecule has 0 N–H and O–H groups in total. The van der Waals surface area contributed by atoms with Gasteiger partial charge in [0, 0.05) is 43.9 Å². The van der Waals surface area contributed by atoms with Crippen LogP contribution in [0.2, 0.25) is 0 Å². The number of hydrogen-bond donors (Lipinski definition) is 0. The number of para-hydroxylation sites is 4. The molecule has 3 nitrogen and oxygen atoms in total. The SMILES string of the molecule is c1ccc(-c2cccc(-c3cccc(-c4cc(-c5cccc(-n6c7ccccc7c7ccccc76)c5)nc5ccc(-c6cccc(-n7c8ccccc8c8ccccc87)c6)cc45)c3)c2)cc1. The monoisotopic (exact) mass is 839 g/mol. The Labute approximate surface area is 382 Å². The molecule has 0 atom stereocenters. The Morgan fingerprint density at radius 1 is 0.242 bits per heavy atom. The highest BCUT2D eigenvalue weighted by molar-refractivity contribution is 6.10. The van der Waals surface area contributed by atoms with Crippen LogP contribution in [0.5, 0.6) is 0 Å². The van der Waals surface area contributed by atoms with Crippen LogP contribution >= 0.6 is 0 Å². The van der Waals surface area contributed by atoms with Gasteiger partial charge in [-0.15, -0.1) is 0 Å². The van der Waals surface area contributed by atoms with Crippen molar-refractivity contribution in [3.63, 3.8) is 0 Å². The van der Waals surface area contributed by atoms with Gasteiger partial charge in [0.15, 0.2) is 0 Å².